The molecule has 2 amide bonds. The number of para-hydroxylation sites is 1. The molecule has 0 radical (unpaired) electrons. The number of halogens is 3. The SMILES string of the molecule is CN(CC(=O)Nc1ccccc1)C(=O)c1ccc(S(=O)(=O)Nc2cccc(C(F)(F)F)c2)cc1. The number of carbonyl (C=O) groups is 2. The predicted octanol–water partition coefficient (Wildman–Crippen LogP) is 4.22. The molecule has 0 aliphatic carbocycles. The van der Waals surface area contributed by atoms with Crippen molar-refractivity contribution in [1.82, 2.24) is 4.90 Å². The van der Waals surface area contributed by atoms with Crippen LogP contribution in [0.1, 0.15) is 15.9 Å². The number of nitrogens with zero attached hydrogens (tertiary/aromatic N) is 1. The van der Waals surface area contributed by atoms with Crippen LogP contribution < -0.4 is 10.0 Å². The van der Waals surface area contributed by atoms with E-state index in [4.69, 9.17) is 0 Å². The van der Waals surface area contributed by atoms with Crippen molar-refractivity contribution in [1.29, 1.82) is 0 Å². The number of amides is 2. The number of nitrogens with one attached hydrogen (secondary N) is 2. The summed E-state index contributed by atoms with van der Waals surface area (Å²) >= 11 is 0. The van der Waals surface area contributed by atoms with E-state index in [2.05, 4.69) is 10.0 Å². The summed E-state index contributed by atoms with van der Waals surface area (Å²) in [6, 6.07) is 17.3. The maximum Gasteiger partial charge on any atom is 0.416 e. The molecule has 0 unspecified atom stereocenters. The summed E-state index contributed by atoms with van der Waals surface area (Å²) < 4.78 is 65.8. The van der Waals surface area contributed by atoms with Gasteiger partial charge in [-0.25, -0.2) is 8.42 Å². The first kappa shape index (κ1) is 24.8. The van der Waals surface area contributed by atoms with Gasteiger partial charge in [-0.2, -0.15) is 13.2 Å². The van der Waals surface area contributed by atoms with Crippen LogP contribution in [0.25, 0.3) is 0 Å². The molecule has 0 saturated carbocycles. The number of benzene rings is 3. The Hall–Kier alpha value is -3.86. The molecule has 0 aliphatic heterocycles. The van der Waals surface area contributed by atoms with Crippen molar-refractivity contribution in [2.45, 2.75) is 11.1 Å². The van der Waals surface area contributed by atoms with Crippen LogP contribution in [0, 0.1) is 0 Å². The summed E-state index contributed by atoms with van der Waals surface area (Å²) in [5.74, 6) is -0.926. The molecule has 3 rings (SSSR count). The van der Waals surface area contributed by atoms with Crippen LogP contribution in [0.5, 0.6) is 0 Å². The van der Waals surface area contributed by atoms with E-state index in [1.165, 1.54) is 30.1 Å². The molecule has 34 heavy (non-hydrogen) atoms. The van der Waals surface area contributed by atoms with Crippen molar-refractivity contribution in [2.75, 3.05) is 23.6 Å². The van der Waals surface area contributed by atoms with Gasteiger partial charge in [-0.1, -0.05) is 24.3 Å². The standard InChI is InChI=1S/C23H20F3N3O4S/c1-29(15-21(30)27-18-7-3-2-4-8-18)22(31)16-10-12-20(13-11-16)34(32,33)28-19-9-5-6-17(14-19)23(24,25)26/h2-14,28H,15H2,1H3,(H,27,30). The fourth-order valence-electron chi connectivity index (χ4n) is 2.98. The Bertz CT molecular complexity index is 1280. The lowest BCUT2D eigenvalue weighted by atomic mass is 10.2. The third kappa shape index (κ3) is 6.35. The largest absolute Gasteiger partial charge is 0.416 e. The minimum atomic E-state index is -4.62. The summed E-state index contributed by atoms with van der Waals surface area (Å²) in [4.78, 5) is 25.7. The molecule has 0 atom stereocenters. The van der Waals surface area contributed by atoms with Crippen LogP contribution in [-0.4, -0.2) is 38.7 Å². The van der Waals surface area contributed by atoms with E-state index in [9.17, 15) is 31.2 Å². The third-order valence-electron chi connectivity index (χ3n) is 4.64. The van der Waals surface area contributed by atoms with E-state index in [0.717, 1.165) is 24.3 Å². The number of rotatable bonds is 7. The maximum absolute atomic E-state index is 12.9. The van der Waals surface area contributed by atoms with Crippen molar-refractivity contribution in [3.8, 4) is 0 Å². The molecule has 0 heterocycles. The normalized spacial score (nSPS) is 11.5. The molecule has 7 nitrogen and oxygen atoms in total. The quantitative estimate of drug-likeness (QED) is 0.518. The molecule has 2 N–H and O–H groups in total. The molecule has 0 saturated heterocycles. The maximum atomic E-state index is 12.9. The summed E-state index contributed by atoms with van der Waals surface area (Å²) in [6.07, 6.45) is -4.62. The molecule has 3 aromatic rings. The van der Waals surface area contributed by atoms with Gasteiger partial charge in [-0.05, 0) is 54.6 Å². The zero-order valence-electron chi connectivity index (χ0n) is 17.8. The average Bonchev–Trinajstić information content (AvgIpc) is 2.78. The van der Waals surface area contributed by atoms with Gasteiger partial charge in [0.1, 0.15) is 0 Å². The number of sulfonamides is 1. The minimum absolute atomic E-state index is 0.132. The Morgan fingerprint density at radius 3 is 2.12 bits per heavy atom. The molecule has 3 aromatic carbocycles. The highest BCUT2D eigenvalue weighted by Gasteiger charge is 2.30. The van der Waals surface area contributed by atoms with Gasteiger partial charge < -0.3 is 10.2 Å². The van der Waals surface area contributed by atoms with E-state index >= 15 is 0 Å². The van der Waals surface area contributed by atoms with Crippen molar-refractivity contribution < 1.29 is 31.2 Å². The molecule has 0 bridgehead atoms. The topological polar surface area (TPSA) is 95.6 Å². The number of hydrogen-bond donors (Lipinski definition) is 2. The van der Waals surface area contributed by atoms with Crippen LogP contribution >= 0.6 is 0 Å². The average molecular weight is 491 g/mol. The van der Waals surface area contributed by atoms with Gasteiger partial charge in [-0.15, -0.1) is 0 Å². The number of anilines is 2. The van der Waals surface area contributed by atoms with E-state index < -0.39 is 33.6 Å². The lowest BCUT2D eigenvalue weighted by Crippen LogP contribution is -2.34. The molecular formula is C23H20F3N3O4S. The Labute approximate surface area is 194 Å². The lowest BCUT2D eigenvalue weighted by molar-refractivity contribution is -0.137. The second-order valence-corrected chi connectivity index (χ2v) is 8.97. The van der Waals surface area contributed by atoms with Gasteiger partial charge in [-0.3, -0.25) is 14.3 Å². The Morgan fingerprint density at radius 1 is 0.882 bits per heavy atom. The van der Waals surface area contributed by atoms with E-state index in [-0.39, 0.29) is 22.7 Å². The number of hydrogen-bond acceptors (Lipinski definition) is 4. The molecule has 0 aliphatic rings. The molecular weight excluding hydrogens is 471 g/mol. The van der Waals surface area contributed by atoms with E-state index in [0.29, 0.717) is 11.8 Å². The van der Waals surface area contributed by atoms with Crippen molar-refractivity contribution in [3.05, 3.63) is 90.0 Å². The van der Waals surface area contributed by atoms with Gasteiger partial charge in [0.15, 0.2) is 0 Å². The highest BCUT2D eigenvalue weighted by molar-refractivity contribution is 7.92. The van der Waals surface area contributed by atoms with Gasteiger partial charge in [0.2, 0.25) is 5.91 Å². The Morgan fingerprint density at radius 2 is 1.50 bits per heavy atom. The summed E-state index contributed by atoms with van der Waals surface area (Å²) in [7, 11) is -2.77. The summed E-state index contributed by atoms with van der Waals surface area (Å²) in [5.41, 5.74) is -0.531. The fourth-order valence-corrected chi connectivity index (χ4v) is 4.03. The first-order valence-electron chi connectivity index (χ1n) is 9.86. The van der Waals surface area contributed by atoms with Gasteiger partial charge in [0.25, 0.3) is 15.9 Å². The van der Waals surface area contributed by atoms with Gasteiger partial charge in [0, 0.05) is 24.0 Å². The van der Waals surface area contributed by atoms with Crippen LogP contribution in [0.2, 0.25) is 0 Å². The summed E-state index contributed by atoms with van der Waals surface area (Å²) in [6.45, 7) is -0.231. The van der Waals surface area contributed by atoms with Crippen molar-refractivity contribution >= 4 is 33.2 Å². The van der Waals surface area contributed by atoms with Gasteiger partial charge in [0.05, 0.1) is 17.0 Å². The van der Waals surface area contributed by atoms with E-state index in [1.54, 1.807) is 30.3 Å². The zero-order chi connectivity index (χ0) is 24.9. The smallest absolute Gasteiger partial charge is 0.332 e. The van der Waals surface area contributed by atoms with Crippen molar-refractivity contribution in [2.24, 2.45) is 0 Å². The second kappa shape index (κ2) is 9.96. The Balaban J connectivity index is 1.66. The summed E-state index contributed by atoms with van der Waals surface area (Å²) in [5, 5.41) is 2.65. The van der Waals surface area contributed by atoms with Crippen LogP contribution in [0.3, 0.4) is 0 Å². The molecule has 0 fully saturated rings. The highest BCUT2D eigenvalue weighted by atomic mass is 32.2. The van der Waals surface area contributed by atoms with Crippen LogP contribution in [0.4, 0.5) is 24.5 Å². The highest BCUT2D eigenvalue weighted by Crippen LogP contribution is 2.31. The second-order valence-electron chi connectivity index (χ2n) is 7.28. The van der Waals surface area contributed by atoms with Crippen LogP contribution in [0.15, 0.2) is 83.8 Å². The van der Waals surface area contributed by atoms with Crippen LogP contribution in [-0.2, 0) is 21.0 Å². The first-order valence-corrected chi connectivity index (χ1v) is 11.3. The van der Waals surface area contributed by atoms with E-state index in [1.807, 2.05) is 0 Å². The number of likely N-dealkylation sites (N-methyl/N-ethyl adjacent to an activating group) is 1. The molecule has 11 heteroatoms. The minimum Gasteiger partial charge on any atom is -0.332 e. The third-order valence-corrected chi connectivity index (χ3v) is 6.04. The van der Waals surface area contributed by atoms with Crippen molar-refractivity contribution in [3.63, 3.8) is 0 Å². The molecule has 178 valence electrons. The lowest BCUT2D eigenvalue weighted by Gasteiger charge is -2.17. The zero-order valence-corrected chi connectivity index (χ0v) is 18.7. The van der Waals surface area contributed by atoms with Gasteiger partial charge >= 0.3 is 6.18 Å². The Kier molecular flexibility index (Phi) is 7.26. The molecule has 0 aromatic heterocycles. The number of alkyl halides is 3. The number of carbonyl (C=O) groups excluding carboxylic acids is 2. The monoisotopic (exact) mass is 491 g/mol. The molecule has 0 spiro atoms. The fraction of sp³-hybridized carbons (Fsp3) is 0.130. The predicted molar refractivity (Wildman–Crippen MR) is 121 cm³/mol. The first-order chi connectivity index (χ1) is 16.0.